The van der Waals surface area contributed by atoms with Crippen molar-refractivity contribution in [2.45, 2.75) is 19.1 Å². The molecule has 1 N–H and O–H groups in total. The summed E-state index contributed by atoms with van der Waals surface area (Å²) >= 11 is 13.0. The second-order valence-corrected chi connectivity index (χ2v) is 9.52. The second kappa shape index (κ2) is 12.5. The van der Waals surface area contributed by atoms with Crippen molar-refractivity contribution in [1.82, 2.24) is 9.80 Å². The fourth-order valence-corrected chi connectivity index (χ4v) is 4.96. The van der Waals surface area contributed by atoms with Crippen molar-refractivity contribution >= 4 is 34.8 Å². The summed E-state index contributed by atoms with van der Waals surface area (Å²) in [7, 11) is 6.42. The van der Waals surface area contributed by atoms with Crippen LogP contribution in [-0.2, 0) is 13.1 Å². The van der Waals surface area contributed by atoms with Crippen LogP contribution in [0, 0.1) is 0 Å². The molecule has 4 rings (SSSR count). The van der Waals surface area contributed by atoms with Crippen LogP contribution < -0.4 is 18.9 Å². The summed E-state index contributed by atoms with van der Waals surface area (Å²) in [6.45, 7) is 1.46. The number of rotatable bonds is 10. The molecule has 1 fully saturated rings. The number of methoxy groups -OCH3 is 4. The molecule has 202 valence electrons. The number of aliphatic hydroxyl groups excluding tert-OH is 1. The second-order valence-electron chi connectivity index (χ2n) is 8.71. The Bertz CT molecular complexity index is 1280. The Morgan fingerprint density at radius 3 is 1.82 bits per heavy atom. The topological polar surface area (TPSA) is 76.0 Å². The van der Waals surface area contributed by atoms with E-state index in [-0.39, 0.29) is 12.6 Å². The van der Waals surface area contributed by atoms with Crippen molar-refractivity contribution in [2.24, 2.45) is 4.99 Å². The third-order valence-electron chi connectivity index (χ3n) is 6.39. The molecular formula is C28H31Cl2N3O5. The number of halogens is 2. The maximum Gasteiger partial charge on any atom is 0.203 e. The number of aliphatic hydroxyl groups is 1. The number of para-hydroxylation sites is 1. The molecule has 0 bridgehead atoms. The smallest absolute Gasteiger partial charge is 0.203 e. The summed E-state index contributed by atoms with van der Waals surface area (Å²) in [4.78, 5) is 9.10. The first-order valence-electron chi connectivity index (χ1n) is 12.0. The largest absolute Gasteiger partial charge is 0.493 e. The number of hydrogen-bond acceptors (Lipinski definition) is 6. The van der Waals surface area contributed by atoms with Crippen LogP contribution >= 0.6 is 23.2 Å². The van der Waals surface area contributed by atoms with Gasteiger partial charge in [0.1, 0.15) is 5.69 Å². The van der Waals surface area contributed by atoms with Gasteiger partial charge in [-0.25, -0.2) is 4.99 Å². The van der Waals surface area contributed by atoms with Gasteiger partial charge in [-0.2, -0.15) is 0 Å². The van der Waals surface area contributed by atoms with Crippen LogP contribution in [0.25, 0.3) is 0 Å². The van der Waals surface area contributed by atoms with Gasteiger partial charge >= 0.3 is 0 Å². The summed E-state index contributed by atoms with van der Waals surface area (Å²) in [6.07, 6.45) is 0. The molecule has 3 aromatic carbocycles. The first-order valence-corrected chi connectivity index (χ1v) is 12.7. The first kappa shape index (κ1) is 27.7. The molecule has 8 nitrogen and oxygen atoms in total. The normalized spacial score (nSPS) is 16.2. The van der Waals surface area contributed by atoms with Crippen LogP contribution in [0.2, 0.25) is 10.0 Å². The lowest BCUT2D eigenvalue weighted by atomic mass is 10.1. The van der Waals surface area contributed by atoms with E-state index in [4.69, 9.17) is 47.1 Å². The van der Waals surface area contributed by atoms with Gasteiger partial charge in [-0.15, -0.1) is 0 Å². The molecule has 0 aliphatic carbocycles. The number of guanidine groups is 1. The summed E-state index contributed by atoms with van der Waals surface area (Å²) in [5, 5.41) is 11.2. The Morgan fingerprint density at radius 1 is 0.789 bits per heavy atom. The Morgan fingerprint density at radius 2 is 1.32 bits per heavy atom. The van der Waals surface area contributed by atoms with Gasteiger partial charge in [-0.05, 0) is 47.5 Å². The van der Waals surface area contributed by atoms with E-state index in [1.807, 2.05) is 36.4 Å². The minimum Gasteiger partial charge on any atom is -0.493 e. The molecule has 38 heavy (non-hydrogen) atoms. The maximum absolute atomic E-state index is 10.4. The number of ether oxygens (including phenoxy) is 4. The quantitative estimate of drug-likeness (QED) is 0.356. The van der Waals surface area contributed by atoms with Crippen molar-refractivity contribution in [2.75, 3.05) is 41.6 Å². The SMILES string of the molecule is COc1ccc(CN2CC(CO)N(Cc3ccc(OC)c(OC)c3)/C2=N\c2c(Cl)cccc2Cl)cc1OC. The summed E-state index contributed by atoms with van der Waals surface area (Å²) in [6, 6.07) is 16.6. The molecule has 0 spiro atoms. The molecule has 0 amide bonds. The van der Waals surface area contributed by atoms with Crippen LogP contribution in [0.15, 0.2) is 59.6 Å². The lowest BCUT2D eigenvalue weighted by Gasteiger charge is -2.26. The van der Waals surface area contributed by atoms with E-state index in [2.05, 4.69) is 9.80 Å². The van der Waals surface area contributed by atoms with Gasteiger partial charge in [0.25, 0.3) is 0 Å². The molecule has 1 unspecified atom stereocenters. The standard InChI is InChI=1S/C28H31Cl2N3O5/c1-35-23-10-8-18(12-25(23)37-3)14-32-16-20(17-34)33(15-19-9-11-24(36-2)26(13-19)38-4)28(32)31-27-21(29)6-5-7-22(27)30/h5-13,20,34H,14-17H2,1-4H3/b31-28-. The van der Waals surface area contributed by atoms with Gasteiger partial charge in [0.2, 0.25) is 5.96 Å². The molecule has 1 aliphatic rings. The van der Waals surface area contributed by atoms with E-state index in [1.54, 1.807) is 46.6 Å². The third-order valence-corrected chi connectivity index (χ3v) is 7.00. The van der Waals surface area contributed by atoms with Gasteiger partial charge < -0.3 is 33.9 Å². The number of nitrogens with zero attached hydrogens (tertiary/aromatic N) is 3. The highest BCUT2D eigenvalue weighted by Gasteiger charge is 2.36. The van der Waals surface area contributed by atoms with Gasteiger partial charge in [0.15, 0.2) is 23.0 Å². The highest BCUT2D eigenvalue weighted by Crippen LogP contribution is 2.36. The van der Waals surface area contributed by atoms with E-state index in [0.717, 1.165) is 11.1 Å². The zero-order valence-electron chi connectivity index (χ0n) is 21.8. The number of aliphatic imine (C=N–C) groups is 1. The van der Waals surface area contributed by atoms with E-state index in [9.17, 15) is 5.11 Å². The summed E-state index contributed by atoms with van der Waals surface area (Å²) in [5.41, 5.74) is 2.43. The Labute approximate surface area is 232 Å². The van der Waals surface area contributed by atoms with Crippen LogP contribution in [0.5, 0.6) is 23.0 Å². The highest BCUT2D eigenvalue weighted by atomic mass is 35.5. The summed E-state index contributed by atoms with van der Waals surface area (Å²) < 4.78 is 21.8. The van der Waals surface area contributed by atoms with Crippen LogP contribution in [0.1, 0.15) is 11.1 Å². The molecule has 1 saturated heterocycles. The molecule has 0 aromatic heterocycles. The molecule has 1 heterocycles. The molecule has 0 saturated carbocycles. The zero-order chi connectivity index (χ0) is 27.2. The minimum absolute atomic E-state index is 0.0645. The predicted octanol–water partition coefficient (Wildman–Crippen LogP) is 5.39. The predicted molar refractivity (Wildman–Crippen MR) is 149 cm³/mol. The van der Waals surface area contributed by atoms with E-state index < -0.39 is 0 Å². The van der Waals surface area contributed by atoms with Crippen LogP contribution in [0.4, 0.5) is 5.69 Å². The van der Waals surface area contributed by atoms with Crippen molar-refractivity contribution in [3.8, 4) is 23.0 Å². The molecule has 1 aliphatic heterocycles. The Balaban J connectivity index is 1.75. The highest BCUT2D eigenvalue weighted by molar-refractivity contribution is 6.38. The molecule has 3 aromatic rings. The third kappa shape index (κ3) is 5.88. The molecule has 0 radical (unpaired) electrons. The van der Waals surface area contributed by atoms with E-state index >= 15 is 0 Å². The summed E-state index contributed by atoms with van der Waals surface area (Å²) in [5.74, 6) is 3.20. The van der Waals surface area contributed by atoms with Gasteiger partial charge in [-0.3, -0.25) is 0 Å². The molecule has 10 heteroatoms. The van der Waals surface area contributed by atoms with Crippen molar-refractivity contribution in [3.05, 3.63) is 75.8 Å². The lowest BCUT2D eigenvalue weighted by molar-refractivity contribution is 0.190. The molecule has 1 atom stereocenters. The van der Waals surface area contributed by atoms with E-state index in [1.165, 1.54) is 0 Å². The van der Waals surface area contributed by atoms with Gasteiger partial charge in [0, 0.05) is 19.6 Å². The van der Waals surface area contributed by atoms with Crippen molar-refractivity contribution in [1.29, 1.82) is 0 Å². The minimum atomic E-state index is -0.219. The zero-order valence-corrected chi connectivity index (χ0v) is 23.3. The fraction of sp³-hybridized carbons (Fsp3) is 0.321. The number of hydrogen-bond donors (Lipinski definition) is 1. The average molecular weight is 560 g/mol. The van der Waals surface area contributed by atoms with Crippen LogP contribution in [0.3, 0.4) is 0 Å². The Kier molecular flexibility index (Phi) is 9.09. The van der Waals surface area contributed by atoms with Crippen molar-refractivity contribution < 1.29 is 24.1 Å². The van der Waals surface area contributed by atoms with Crippen LogP contribution in [-0.4, -0.2) is 68.5 Å². The van der Waals surface area contributed by atoms with Crippen molar-refractivity contribution in [3.63, 3.8) is 0 Å². The Hall–Kier alpha value is -3.33. The maximum atomic E-state index is 10.4. The lowest BCUT2D eigenvalue weighted by Crippen LogP contribution is -2.37. The van der Waals surface area contributed by atoms with E-state index in [0.29, 0.717) is 64.3 Å². The first-order chi connectivity index (χ1) is 18.4. The van der Waals surface area contributed by atoms with Gasteiger partial charge in [0.05, 0.1) is 51.1 Å². The molecular weight excluding hydrogens is 529 g/mol. The fourth-order valence-electron chi connectivity index (χ4n) is 4.48. The monoisotopic (exact) mass is 559 g/mol. The number of benzene rings is 3. The van der Waals surface area contributed by atoms with Gasteiger partial charge in [-0.1, -0.05) is 41.4 Å². The average Bonchev–Trinajstić information content (AvgIpc) is 3.25.